The number of ketones is 1. The minimum Gasteiger partial charge on any atom is -0.458 e. The van der Waals surface area contributed by atoms with Crippen LogP contribution in [0.3, 0.4) is 0 Å². The zero-order valence-electron chi connectivity index (χ0n) is 18.3. The molecule has 0 aromatic carbocycles. The molecule has 30 heavy (non-hydrogen) atoms. The number of epoxide rings is 1. The molecule has 0 radical (unpaired) electrons. The van der Waals surface area contributed by atoms with E-state index in [-0.39, 0.29) is 22.4 Å². The summed E-state index contributed by atoms with van der Waals surface area (Å²) in [5, 5.41) is 0.557. The van der Waals surface area contributed by atoms with Crippen LogP contribution >= 0.6 is 11.8 Å². The Hall–Kier alpha value is -0.810. The van der Waals surface area contributed by atoms with Crippen molar-refractivity contribution in [2.45, 2.75) is 88.6 Å². The second-order valence-electron chi connectivity index (χ2n) is 11.3. The smallest absolute Gasteiger partial charge is 0.306 e. The first kappa shape index (κ1) is 19.8. The standard InChI is InChI=1S/C25H34O4S/c1-23-7-3-16(26)11-15(23)12-20(30-14-17-13-28-17)22-18(23)4-8-24(2)19(22)5-9-25(24)10-6-21(27)29-25/h11,17-20,22H,3-10,12-14H2,1-2H3/t17?,18?,19?,20?,22?,23-,24-,25+/m0/s1. The van der Waals surface area contributed by atoms with Crippen molar-refractivity contribution >= 4 is 23.5 Å². The molecule has 2 heterocycles. The molecule has 164 valence electrons. The molecule has 1 spiro atoms. The lowest BCUT2D eigenvalue weighted by Gasteiger charge is -2.61. The van der Waals surface area contributed by atoms with E-state index >= 15 is 0 Å². The highest BCUT2D eigenvalue weighted by molar-refractivity contribution is 8.00. The summed E-state index contributed by atoms with van der Waals surface area (Å²) in [7, 11) is 0. The van der Waals surface area contributed by atoms with Gasteiger partial charge in [0, 0.05) is 29.3 Å². The number of carbonyl (C=O) groups excluding carboxylic acids is 2. The summed E-state index contributed by atoms with van der Waals surface area (Å²) in [6.45, 7) is 5.81. The molecule has 5 fully saturated rings. The van der Waals surface area contributed by atoms with E-state index in [2.05, 4.69) is 25.6 Å². The van der Waals surface area contributed by atoms with Crippen LogP contribution in [-0.4, -0.2) is 41.1 Å². The highest BCUT2D eigenvalue weighted by Crippen LogP contribution is 2.70. The summed E-state index contributed by atoms with van der Waals surface area (Å²) >= 11 is 2.10. The SMILES string of the molecule is C[C@]12CCC(=O)C=C1CC(SCC1CO1)C1C2CC[C@@]2(C)C1CC[C@@]21CCC(=O)O1. The Morgan fingerprint density at radius 1 is 1.07 bits per heavy atom. The Labute approximate surface area is 183 Å². The molecule has 0 amide bonds. The van der Waals surface area contributed by atoms with Gasteiger partial charge in [0.15, 0.2) is 5.78 Å². The fourth-order valence-electron chi connectivity index (χ4n) is 8.36. The van der Waals surface area contributed by atoms with Gasteiger partial charge < -0.3 is 9.47 Å². The molecule has 5 unspecified atom stereocenters. The number of allylic oxidation sites excluding steroid dienone is 1. The molecular weight excluding hydrogens is 396 g/mol. The fourth-order valence-corrected chi connectivity index (χ4v) is 9.91. The number of esters is 1. The molecule has 0 N–H and O–H groups in total. The summed E-state index contributed by atoms with van der Waals surface area (Å²) in [5.74, 6) is 3.34. The second kappa shape index (κ2) is 6.60. The molecule has 8 atom stereocenters. The van der Waals surface area contributed by atoms with Crippen LogP contribution in [0.2, 0.25) is 0 Å². The third-order valence-electron chi connectivity index (χ3n) is 10.2. The molecule has 0 aromatic heterocycles. The number of carbonyl (C=O) groups is 2. The van der Waals surface area contributed by atoms with E-state index in [0.717, 1.165) is 44.5 Å². The van der Waals surface area contributed by atoms with Crippen molar-refractivity contribution in [2.24, 2.45) is 28.6 Å². The topological polar surface area (TPSA) is 55.9 Å². The zero-order chi connectivity index (χ0) is 20.7. The summed E-state index contributed by atoms with van der Waals surface area (Å²) in [6.07, 6.45) is 11.4. The normalized spacial score (nSPS) is 51.8. The Bertz CT molecular complexity index is 818. The molecule has 3 saturated carbocycles. The van der Waals surface area contributed by atoms with Crippen molar-refractivity contribution in [3.8, 4) is 0 Å². The molecule has 5 heteroatoms. The summed E-state index contributed by atoms with van der Waals surface area (Å²) in [4.78, 5) is 24.4. The molecular formula is C25H34O4S. The summed E-state index contributed by atoms with van der Waals surface area (Å²) in [6, 6.07) is 0. The van der Waals surface area contributed by atoms with Gasteiger partial charge in [-0.25, -0.2) is 0 Å². The quantitative estimate of drug-likeness (QED) is 0.480. The van der Waals surface area contributed by atoms with Gasteiger partial charge in [-0.15, -0.1) is 0 Å². The predicted octanol–water partition coefficient (Wildman–Crippen LogP) is 4.70. The maximum atomic E-state index is 12.3. The monoisotopic (exact) mass is 430 g/mol. The number of hydrogen-bond acceptors (Lipinski definition) is 5. The Morgan fingerprint density at radius 2 is 1.87 bits per heavy atom. The van der Waals surface area contributed by atoms with Crippen LogP contribution in [-0.2, 0) is 19.1 Å². The maximum absolute atomic E-state index is 12.3. The Balaban J connectivity index is 1.37. The fraction of sp³-hybridized carbons (Fsp3) is 0.840. The van der Waals surface area contributed by atoms with Crippen molar-refractivity contribution in [2.75, 3.05) is 12.4 Å². The van der Waals surface area contributed by atoms with Crippen molar-refractivity contribution in [1.29, 1.82) is 0 Å². The molecule has 4 aliphatic carbocycles. The van der Waals surface area contributed by atoms with Crippen LogP contribution in [0.1, 0.15) is 71.6 Å². The summed E-state index contributed by atoms with van der Waals surface area (Å²) < 4.78 is 11.7. The predicted molar refractivity (Wildman–Crippen MR) is 116 cm³/mol. The Morgan fingerprint density at radius 3 is 2.60 bits per heavy atom. The van der Waals surface area contributed by atoms with Crippen molar-refractivity contribution in [1.82, 2.24) is 0 Å². The molecule has 6 rings (SSSR count). The van der Waals surface area contributed by atoms with Gasteiger partial charge in [0.25, 0.3) is 0 Å². The largest absolute Gasteiger partial charge is 0.458 e. The maximum Gasteiger partial charge on any atom is 0.306 e. The molecule has 6 aliphatic rings. The first-order chi connectivity index (χ1) is 14.3. The number of hydrogen-bond donors (Lipinski definition) is 0. The van der Waals surface area contributed by atoms with Crippen LogP contribution in [0.4, 0.5) is 0 Å². The lowest BCUT2D eigenvalue weighted by Crippen LogP contribution is -2.57. The van der Waals surface area contributed by atoms with E-state index in [1.165, 1.54) is 18.4 Å². The van der Waals surface area contributed by atoms with Crippen molar-refractivity contribution in [3.05, 3.63) is 11.6 Å². The highest BCUT2D eigenvalue weighted by Gasteiger charge is 2.68. The molecule has 0 bridgehead atoms. The van der Waals surface area contributed by atoms with Crippen LogP contribution in [0, 0.1) is 28.6 Å². The second-order valence-corrected chi connectivity index (χ2v) is 12.6. The molecule has 4 nitrogen and oxygen atoms in total. The van der Waals surface area contributed by atoms with E-state index < -0.39 is 0 Å². The molecule has 2 saturated heterocycles. The van der Waals surface area contributed by atoms with Crippen LogP contribution < -0.4 is 0 Å². The third kappa shape index (κ3) is 2.69. The number of rotatable bonds is 3. The lowest BCUT2D eigenvalue weighted by molar-refractivity contribution is -0.167. The minimum atomic E-state index is -0.214. The first-order valence-electron chi connectivity index (χ1n) is 12.0. The third-order valence-corrected chi connectivity index (χ3v) is 11.7. The molecule has 0 aromatic rings. The average molecular weight is 431 g/mol. The van der Waals surface area contributed by atoms with Gasteiger partial charge in [-0.2, -0.15) is 11.8 Å². The first-order valence-corrected chi connectivity index (χ1v) is 13.1. The van der Waals surface area contributed by atoms with E-state index in [4.69, 9.17) is 9.47 Å². The Kier molecular flexibility index (Phi) is 4.37. The van der Waals surface area contributed by atoms with Gasteiger partial charge in [0.1, 0.15) is 5.60 Å². The van der Waals surface area contributed by atoms with E-state index in [1.54, 1.807) is 0 Å². The number of ether oxygens (including phenoxy) is 2. The van der Waals surface area contributed by atoms with Crippen LogP contribution in [0.15, 0.2) is 11.6 Å². The van der Waals surface area contributed by atoms with Gasteiger partial charge in [-0.1, -0.05) is 19.4 Å². The molecule has 2 aliphatic heterocycles. The minimum absolute atomic E-state index is 0.0161. The van der Waals surface area contributed by atoms with E-state index in [1.807, 2.05) is 6.08 Å². The number of thioether (sulfide) groups is 1. The van der Waals surface area contributed by atoms with Crippen molar-refractivity contribution in [3.63, 3.8) is 0 Å². The average Bonchev–Trinajstić information content (AvgIpc) is 3.40. The van der Waals surface area contributed by atoms with Gasteiger partial charge >= 0.3 is 5.97 Å². The van der Waals surface area contributed by atoms with Crippen LogP contribution in [0.5, 0.6) is 0 Å². The van der Waals surface area contributed by atoms with Crippen LogP contribution in [0.25, 0.3) is 0 Å². The van der Waals surface area contributed by atoms with Crippen molar-refractivity contribution < 1.29 is 19.1 Å². The van der Waals surface area contributed by atoms with Gasteiger partial charge in [-0.3, -0.25) is 9.59 Å². The summed E-state index contributed by atoms with van der Waals surface area (Å²) in [5.41, 5.74) is 1.50. The van der Waals surface area contributed by atoms with Gasteiger partial charge in [-0.05, 0) is 74.2 Å². The number of fused-ring (bicyclic) bond motifs is 6. The van der Waals surface area contributed by atoms with E-state index in [9.17, 15) is 9.59 Å². The zero-order valence-corrected chi connectivity index (χ0v) is 19.1. The van der Waals surface area contributed by atoms with E-state index in [0.29, 0.717) is 47.7 Å². The highest BCUT2D eigenvalue weighted by atomic mass is 32.2. The lowest BCUT2D eigenvalue weighted by atomic mass is 9.46. The van der Waals surface area contributed by atoms with Gasteiger partial charge in [0.05, 0.1) is 12.7 Å². The van der Waals surface area contributed by atoms with Gasteiger partial charge in [0.2, 0.25) is 0 Å².